The van der Waals surface area contributed by atoms with Gasteiger partial charge >= 0.3 is 0 Å². The van der Waals surface area contributed by atoms with Gasteiger partial charge in [0.25, 0.3) is 5.91 Å². The Morgan fingerprint density at radius 2 is 1.81 bits per heavy atom. The lowest BCUT2D eigenvalue weighted by molar-refractivity contribution is 0.0997. The molecule has 0 aliphatic heterocycles. The van der Waals surface area contributed by atoms with E-state index in [1.165, 1.54) is 11.3 Å². The summed E-state index contributed by atoms with van der Waals surface area (Å²) in [6.07, 6.45) is 0.914. The number of methoxy groups -OCH3 is 2. The number of amides is 1. The zero-order valence-electron chi connectivity index (χ0n) is 16.3. The molecule has 6 heteroatoms. The summed E-state index contributed by atoms with van der Waals surface area (Å²) in [5.74, 6) is 1.26. The number of aromatic nitrogens is 1. The van der Waals surface area contributed by atoms with Crippen LogP contribution >= 0.6 is 11.3 Å². The molecule has 1 heterocycles. The first-order chi connectivity index (χ1) is 13.0. The van der Waals surface area contributed by atoms with Crippen molar-refractivity contribution < 1.29 is 14.3 Å². The molecule has 0 N–H and O–H groups in total. The zero-order chi connectivity index (χ0) is 19.6. The highest BCUT2D eigenvalue weighted by Gasteiger charge is 2.17. The molecule has 1 amide bonds. The molecule has 0 spiro atoms. The predicted octanol–water partition coefficient (Wildman–Crippen LogP) is 4.49. The number of carbonyl (C=O) groups excluding carboxylic acids is 1. The first kappa shape index (κ1) is 19.2. The average Bonchev–Trinajstić information content (AvgIpc) is 2.99. The molecular formula is C21H24N2O3S. The van der Waals surface area contributed by atoms with Gasteiger partial charge in [0.05, 0.1) is 14.2 Å². The first-order valence-corrected chi connectivity index (χ1v) is 9.72. The van der Waals surface area contributed by atoms with Gasteiger partial charge in [0.1, 0.15) is 21.7 Å². The minimum absolute atomic E-state index is 0.234. The maximum Gasteiger partial charge on any atom is 0.279 e. The molecule has 0 atom stereocenters. The number of nitrogens with zero attached hydrogens (tertiary/aromatic N) is 2. The van der Waals surface area contributed by atoms with Crippen molar-refractivity contribution in [1.82, 2.24) is 4.57 Å². The summed E-state index contributed by atoms with van der Waals surface area (Å²) >= 11 is 1.45. The van der Waals surface area contributed by atoms with Crippen LogP contribution in [0.5, 0.6) is 11.5 Å². The molecule has 0 aliphatic carbocycles. The molecule has 27 heavy (non-hydrogen) atoms. The third-order valence-corrected chi connectivity index (χ3v) is 5.54. The summed E-state index contributed by atoms with van der Waals surface area (Å²) in [5, 5.41) is 0. The fourth-order valence-corrected chi connectivity index (χ4v) is 4.33. The average molecular weight is 385 g/mol. The number of rotatable bonds is 5. The van der Waals surface area contributed by atoms with Crippen LogP contribution in [0.4, 0.5) is 0 Å². The van der Waals surface area contributed by atoms with E-state index in [-0.39, 0.29) is 5.91 Å². The first-order valence-electron chi connectivity index (χ1n) is 8.90. The number of carbonyl (C=O) groups is 1. The van der Waals surface area contributed by atoms with Crippen molar-refractivity contribution in [2.45, 2.75) is 33.7 Å². The lowest BCUT2D eigenvalue weighted by Gasteiger charge is -2.09. The molecule has 3 aromatic rings. The Bertz CT molecular complexity index is 1060. The van der Waals surface area contributed by atoms with E-state index in [0.29, 0.717) is 10.4 Å². The number of fused-ring (bicyclic) bond motifs is 1. The van der Waals surface area contributed by atoms with Gasteiger partial charge in [-0.1, -0.05) is 36.0 Å². The standard InChI is InChI=1S/C21H24N2O3S/c1-6-11-23-18-16(25-4)9-10-17(26-5)19(18)27-21(23)22-20(24)15-8-7-13(2)12-14(15)3/h7-10,12H,6,11H2,1-5H3. The van der Waals surface area contributed by atoms with Crippen LogP contribution in [-0.2, 0) is 6.54 Å². The normalized spacial score (nSPS) is 11.8. The summed E-state index contributed by atoms with van der Waals surface area (Å²) in [5.41, 5.74) is 3.60. The molecule has 3 rings (SSSR count). The van der Waals surface area contributed by atoms with Crippen molar-refractivity contribution in [2.24, 2.45) is 4.99 Å². The van der Waals surface area contributed by atoms with Gasteiger partial charge in [-0.15, -0.1) is 0 Å². The second-order valence-corrected chi connectivity index (χ2v) is 7.40. The van der Waals surface area contributed by atoms with Crippen LogP contribution in [0.2, 0.25) is 0 Å². The highest BCUT2D eigenvalue weighted by Crippen LogP contribution is 2.35. The molecule has 2 aromatic carbocycles. The summed E-state index contributed by atoms with van der Waals surface area (Å²) in [6, 6.07) is 9.54. The maximum atomic E-state index is 12.9. The number of thiazole rings is 1. The molecule has 0 unspecified atom stereocenters. The monoisotopic (exact) mass is 384 g/mol. The van der Waals surface area contributed by atoms with E-state index in [2.05, 4.69) is 11.9 Å². The predicted molar refractivity (Wildman–Crippen MR) is 109 cm³/mol. The number of aryl methyl sites for hydroxylation is 3. The van der Waals surface area contributed by atoms with E-state index in [0.717, 1.165) is 45.8 Å². The molecule has 0 bridgehead atoms. The number of hydrogen-bond acceptors (Lipinski definition) is 4. The SMILES string of the molecule is CCCn1c(=NC(=O)c2ccc(C)cc2C)sc2c(OC)ccc(OC)c21. The molecule has 1 aromatic heterocycles. The summed E-state index contributed by atoms with van der Waals surface area (Å²) in [7, 11) is 3.29. The molecule has 5 nitrogen and oxygen atoms in total. The van der Waals surface area contributed by atoms with Gasteiger partial charge in [0.2, 0.25) is 0 Å². The van der Waals surface area contributed by atoms with E-state index in [1.807, 2.05) is 48.7 Å². The van der Waals surface area contributed by atoms with Gasteiger partial charge in [0.15, 0.2) is 4.80 Å². The molecule has 0 aliphatic rings. The van der Waals surface area contributed by atoms with Crippen LogP contribution in [0.3, 0.4) is 0 Å². The van der Waals surface area contributed by atoms with Crippen molar-refractivity contribution in [2.75, 3.05) is 14.2 Å². The van der Waals surface area contributed by atoms with E-state index in [4.69, 9.17) is 9.47 Å². The fourth-order valence-electron chi connectivity index (χ4n) is 3.17. The number of hydrogen-bond donors (Lipinski definition) is 0. The summed E-state index contributed by atoms with van der Waals surface area (Å²) in [4.78, 5) is 18.0. The Hall–Kier alpha value is -2.60. The van der Waals surface area contributed by atoms with Crippen LogP contribution in [0.15, 0.2) is 35.3 Å². The zero-order valence-corrected chi connectivity index (χ0v) is 17.1. The van der Waals surface area contributed by atoms with Crippen LogP contribution in [0.25, 0.3) is 10.2 Å². The molecule has 0 radical (unpaired) electrons. The number of ether oxygens (including phenoxy) is 2. The van der Waals surface area contributed by atoms with Gasteiger partial charge in [-0.2, -0.15) is 4.99 Å². The molecule has 142 valence electrons. The van der Waals surface area contributed by atoms with Crippen molar-refractivity contribution in [3.8, 4) is 11.5 Å². The number of benzene rings is 2. The Morgan fingerprint density at radius 1 is 1.11 bits per heavy atom. The van der Waals surface area contributed by atoms with Crippen molar-refractivity contribution in [3.05, 3.63) is 51.8 Å². The van der Waals surface area contributed by atoms with Crippen molar-refractivity contribution >= 4 is 27.5 Å². The Balaban J connectivity index is 2.25. The third-order valence-electron chi connectivity index (χ3n) is 4.45. The van der Waals surface area contributed by atoms with Gasteiger partial charge in [-0.3, -0.25) is 4.79 Å². The lowest BCUT2D eigenvalue weighted by Crippen LogP contribution is -2.17. The topological polar surface area (TPSA) is 52.8 Å². The van der Waals surface area contributed by atoms with Crippen LogP contribution < -0.4 is 14.3 Å². The fraction of sp³-hybridized carbons (Fsp3) is 0.333. The second-order valence-electron chi connectivity index (χ2n) is 6.42. The second kappa shape index (κ2) is 7.96. The maximum absolute atomic E-state index is 12.9. The minimum Gasteiger partial charge on any atom is -0.495 e. The van der Waals surface area contributed by atoms with Crippen LogP contribution in [-0.4, -0.2) is 24.7 Å². The lowest BCUT2D eigenvalue weighted by atomic mass is 10.1. The van der Waals surface area contributed by atoms with Gasteiger partial charge in [0, 0.05) is 12.1 Å². The third kappa shape index (κ3) is 3.62. The van der Waals surface area contributed by atoms with Crippen LogP contribution in [0, 0.1) is 13.8 Å². The Labute approximate surface area is 162 Å². The minimum atomic E-state index is -0.234. The van der Waals surface area contributed by atoms with Gasteiger partial charge in [-0.05, 0) is 44.0 Å². The largest absolute Gasteiger partial charge is 0.495 e. The van der Waals surface area contributed by atoms with Gasteiger partial charge < -0.3 is 14.0 Å². The van der Waals surface area contributed by atoms with Crippen LogP contribution in [0.1, 0.15) is 34.8 Å². The molecular weight excluding hydrogens is 360 g/mol. The van der Waals surface area contributed by atoms with E-state index < -0.39 is 0 Å². The molecule has 0 saturated carbocycles. The highest BCUT2D eigenvalue weighted by molar-refractivity contribution is 7.16. The van der Waals surface area contributed by atoms with E-state index in [9.17, 15) is 4.79 Å². The smallest absolute Gasteiger partial charge is 0.279 e. The van der Waals surface area contributed by atoms with Crippen molar-refractivity contribution in [1.29, 1.82) is 0 Å². The van der Waals surface area contributed by atoms with E-state index in [1.54, 1.807) is 14.2 Å². The quantitative estimate of drug-likeness (QED) is 0.651. The van der Waals surface area contributed by atoms with Crippen molar-refractivity contribution in [3.63, 3.8) is 0 Å². The van der Waals surface area contributed by atoms with Gasteiger partial charge in [-0.25, -0.2) is 0 Å². The summed E-state index contributed by atoms with van der Waals surface area (Å²) < 4.78 is 14.0. The molecule has 0 saturated heterocycles. The summed E-state index contributed by atoms with van der Waals surface area (Å²) in [6.45, 7) is 6.78. The Morgan fingerprint density at radius 3 is 2.44 bits per heavy atom. The Kier molecular flexibility index (Phi) is 5.65. The highest BCUT2D eigenvalue weighted by atomic mass is 32.1. The van der Waals surface area contributed by atoms with E-state index >= 15 is 0 Å². The molecule has 0 fully saturated rings.